The number of oxime groups is 1. The number of hydrogen-bond acceptors (Lipinski definition) is 4. The molecule has 1 aromatic rings. The maximum Gasteiger partial charge on any atom is 0.258 e. The Hall–Kier alpha value is -2.04. The first-order valence-electron chi connectivity index (χ1n) is 6.78. The molecule has 1 unspecified atom stereocenters. The van der Waals surface area contributed by atoms with Crippen molar-refractivity contribution in [2.24, 2.45) is 5.16 Å². The number of ether oxygens (including phenoxy) is 1. The highest BCUT2D eigenvalue weighted by atomic mass is 16.5. The van der Waals surface area contributed by atoms with Gasteiger partial charge in [0, 0.05) is 11.6 Å². The van der Waals surface area contributed by atoms with Crippen molar-refractivity contribution >= 4 is 11.6 Å². The molecule has 5 heteroatoms. The van der Waals surface area contributed by atoms with Crippen LogP contribution in [-0.2, 0) is 4.79 Å². The molecule has 0 saturated heterocycles. The molecule has 1 atom stereocenters. The van der Waals surface area contributed by atoms with E-state index < -0.39 is 0 Å². The summed E-state index contributed by atoms with van der Waals surface area (Å²) in [7, 11) is 0. The minimum absolute atomic E-state index is 0.0210. The zero-order valence-electron chi connectivity index (χ0n) is 12.2. The number of benzene rings is 1. The minimum Gasteiger partial charge on any atom is -0.484 e. The smallest absolute Gasteiger partial charge is 0.258 e. The fourth-order valence-corrected chi connectivity index (χ4v) is 1.84. The van der Waals surface area contributed by atoms with Gasteiger partial charge in [-0.1, -0.05) is 30.6 Å². The molecule has 0 aliphatic rings. The predicted molar refractivity (Wildman–Crippen MR) is 78.4 cm³/mol. The average Bonchev–Trinajstić information content (AvgIpc) is 2.44. The van der Waals surface area contributed by atoms with E-state index in [9.17, 15) is 4.79 Å². The Bertz CT molecular complexity index is 472. The Kier molecular flexibility index (Phi) is 6.56. The van der Waals surface area contributed by atoms with Crippen LogP contribution < -0.4 is 10.1 Å². The highest BCUT2D eigenvalue weighted by molar-refractivity contribution is 5.98. The van der Waals surface area contributed by atoms with Crippen molar-refractivity contribution in [1.29, 1.82) is 0 Å². The van der Waals surface area contributed by atoms with Crippen LogP contribution in [0.1, 0.15) is 39.2 Å². The molecule has 5 nitrogen and oxygen atoms in total. The van der Waals surface area contributed by atoms with Gasteiger partial charge in [0.15, 0.2) is 6.61 Å². The summed E-state index contributed by atoms with van der Waals surface area (Å²) in [6.45, 7) is 5.73. The molecular formula is C15H22N2O3. The van der Waals surface area contributed by atoms with Crippen LogP contribution in [0.4, 0.5) is 0 Å². The molecule has 1 aromatic carbocycles. The number of amides is 1. The minimum atomic E-state index is -0.135. The summed E-state index contributed by atoms with van der Waals surface area (Å²) >= 11 is 0. The van der Waals surface area contributed by atoms with Crippen LogP contribution in [0.2, 0.25) is 0 Å². The van der Waals surface area contributed by atoms with E-state index in [4.69, 9.17) is 9.94 Å². The van der Waals surface area contributed by atoms with Gasteiger partial charge in [-0.25, -0.2) is 0 Å². The third-order valence-electron chi connectivity index (χ3n) is 2.90. The van der Waals surface area contributed by atoms with Crippen molar-refractivity contribution in [2.45, 2.75) is 39.7 Å². The SMILES string of the molecule is CCCC(C)NC(=O)COc1cccc(C(C)=NO)c1. The van der Waals surface area contributed by atoms with Crippen LogP contribution in [0.25, 0.3) is 0 Å². The first kappa shape index (κ1) is 16.0. The van der Waals surface area contributed by atoms with Gasteiger partial charge in [0.25, 0.3) is 5.91 Å². The summed E-state index contributed by atoms with van der Waals surface area (Å²) in [5.74, 6) is 0.438. The second-order valence-electron chi connectivity index (χ2n) is 4.76. The van der Waals surface area contributed by atoms with Gasteiger partial charge in [0.05, 0.1) is 5.71 Å². The van der Waals surface area contributed by atoms with E-state index >= 15 is 0 Å². The van der Waals surface area contributed by atoms with Gasteiger partial charge in [0.2, 0.25) is 0 Å². The lowest BCUT2D eigenvalue weighted by Crippen LogP contribution is -2.35. The second kappa shape index (κ2) is 8.19. The largest absolute Gasteiger partial charge is 0.484 e. The number of hydrogen-bond donors (Lipinski definition) is 2. The maximum atomic E-state index is 11.7. The molecule has 2 N–H and O–H groups in total. The molecule has 0 fully saturated rings. The topological polar surface area (TPSA) is 70.9 Å². The van der Waals surface area contributed by atoms with Crippen LogP contribution in [0.15, 0.2) is 29.4 Å². The first-order chi connectivity index (χ1) is 9.56. The quantitative estimate of drug-likeness (QED) is 0.457. The molecule has 0 spiro atoms. The Labute approximate surface area is 119 Å². The Morgan fingerprint density at radius 1 is 1.50 bits per heavy atom. The summed E-state index contributed by atoms with van der Waals surface area (Å²) in [5.41, 5.74) is 1.25. The van der Waals surface area contributed by atoms with Gasteiger partial charge in [-0.15, -0.1) is 0 Å². The molecule has 0 radical (unpaired) electrons. The average molecular weight is 278 g/mol. The number of carbonyl (C=O) groups excluding carboxylic acids is 1. The monoisotopic (exact) mass is 278 g/mol. The van der Waals surface area contributed by atoms with Gasteiger partial charge in [-0.2, -0.15) is 0 Å². The number of nitrogens with zero attached hydrogens (tertiary/aromatic N) is 1. The second-order valence-corrected chi connectivity index (χ2v) is 4.76. The van der Waals surface area contributed by atoms with E-state index in [0.29, 0.717) is 11.5 Å². The molecule has 20 heavy (non-hydrogen) atoms. The van der Waals surface area contributed by atoms with Gasteiger partial charge in [0.1, 0.15) is 5.75 Å². The highest BCUT2D eigenvalue weighted by Gasteiger charge is 2.07. The molecule has 0 aliphatic carbocycles. The lowest BCUT2D eigenvalue weighted by Gasteiger charge is -2.13. The van der Waals surface area contributed by atoms with Gasteiger partial charge < -0.3 is 15.3 Å². The van der Waals surface area contributed by atoms with E-state index in [0.717, 1.165) is 18.4 Å². The van der Waals surface area contributed by atoms with E-state index in [1.807, 2.05) is 13.0 Å². The summed E-state index contributed by atoms with van der Waals surface area (Å²) in [5, 5.41) is 14.7. The number of nitrogens with one attached hydrogen (secondary N) is 1. The lowest BCUT2D eigenvalue weighted by atomic mass is 10.1. The van der Waals surface area contributed by atoms with Gasteiger partial charge >= 0.3 is 0 Å². The van der Waals surface area contributed by atoms with E-state index in [1.165, 1.54) is 0 Å². The van der Waals surface area contributed by atoms with Crippen molar-refractivity contribution in [3.8, 4) is 5.75 Å². The predicted octanol–water partition coefficient (Wildman–Crippen LogP) is 2.57. The maximum absolute atomic E-state index is 11.7. The third kappa shape index (κ3) is 5.30. The standard InChI is InChI=1S/C15H22N2O3/c1-4-6-11(2)16-15(18)10-20-14-8-5-7-13(9-14)12(3)17-19/h5,7-9,11,19H,4,6,10H2,1-3H3,(H,16,18). The van der Waals surface area contributed by atoms with Crippen molar-refractivity contribution < 1.29 is 14.7 Å². The summed E-state index contributed by atoms with van der Waals surface area (Å²) < 4.78 is 5.43. The van der Waals surface area contributed by atoms with Crippen molar-refractivity contribution in [1.82, 2.24) is 5.32 Å². The molecule has 0 aliphatic heterocycles. The van der Waals surface area contributed by atoms with Gasteiger partial charge in [-0.05, 0) is 32.4 Å². The Balaban J connectivity index is 2.51. The molecular weight excluding hydrogens is 256 g/mol. The fourth-order valence-electron chi connectivity index (χ4n) is 1.84. The van der Waals surface area contributed by atoms with E-state index in [-0.39, 0.29) is 18.6 Å². The molecule has 1 amide bonds. The van der Waals surface area contributed by atoms with Crippen molar-refractivity contribution in [3.05, 3.63) is 29.8 Å². The van der Waals surface area contributed by atoms with Crippen LogP contribution in [0.3, 0.4) is 0 Å². The molecule has 0 bridgehead atoms. The van der Waals surface area contributed by atoms with Crippen molar-refractivity contribution in [2.75, 3.05) is 6.61 Å². The summed E-state index contributed by atoms with van der Waals surface area (Å²) in [4.78, 5) is 11.7. The molecule has 1 rings (SSSR count). The third-order valence-corrected chi connectivity index (χ3v) is 2.90. The first-order valence-corrected chi connectivity index (χ1v) is 6.78. The fraction of sp³-hybridized carbons (Fsp3) is 0.467. The number of carbonyl (C=O) groups is 1. The Morgan fingerprint density at radius 3 is 2.90 bits per heavy atom. The molecule has 0 aromatic heterocycles. The van der Waals surface area contributed by atoms with Crippen molar-refractivity contribution in [3.63, 3.8) is 0 Å². The van der Waals surface area contributed by atoms with E-state index in [1.54, 1.807) is 25.1 Å². The van der Waals surface area contributed by atoms with Crippen LogP contribution in [0, 0.1) is 0 Å². The zero-order chi connectivity index (χ0) is 15.0. The normalized spacial score (nSPS) is 12.8. The van der Waals surface area contributed by atoms with Crippen LogP contribution in [0.5, 0.6) is 5.75 Å². The summed E-state index contributed by atoms with van der Waals surface area (Å²) in [6.07, 6.45) is 1.98. The molecule has 110 valence electrons. The molecule has 0 saturated carbocycles. The highest BCUT2D eigenvalue weighted by Crippen LogP contribution is 2.14. The van der Waals surface area contributed by atoms with Gasteiger partial charge in [-0.3, -0.25) is 4.79 Å². The molecule has 0 heterocycles. The van der Waals surface area contributed by atoms with E-state index in [2.05, 4.69) is 17.4 Å². The van der Waals surface area contributed by atoms with Crippen LogP contribution >= 0.6 is 0 Å². The lowest BCUT2D eigenvalue weighted by molar-refractivity contribution is -0.123. The zero-order valence-corrected chi connectivity index (χ0v) is 12.2. The number of rotatable bonds is 7. The Morgan fingerprint density at radius 2 is 2.25 bits per heavy atom. The summed E-state index contributed by atoms with van der Waals surface area (Å²) in [6, 6.07) is 7.25. The van der Waals surface area contributed by atoms with Crippen LogP contribution in [-0.4, -0.2) is 29.5 Å².